The van der Waals surface area contributed by atoms with Gasteiger partial charge >= 0.3 is 5.97 Å². The monoisotopic (exact) mass is 316 g/mol. The number of carbonyl (C=O) groups excluding carboxylic acids is 2. The van der Waals surface area contributed by atoms with E-state index in [1.54, 1.807) is 11.8 Å². The van der Waals surface area contributed by atoms with Crippen molar-refractivity contribution in [3.8, 4) is 0 Å². The molecule has 3 rings (SSSR count). The van der Waals surface area contributed by atoms with Gasteiger partial charge in [0.15, 0.2) is 6.04 Å². The Bertz CT molecular complexity index is 630. The van der Waals surface area contributed by atoms with Gasteiger partial charge in [-0.05, 0) is 5.56 Å². The summed E-state index contributed by atoms with van der Waals surface area (Å²) in [6.45, 7) is 3.63. The van der Waals surface area contributed by atoms with Crippen molar-refractivity contribution in [1.29, 1.82) is 0 Å². The fourth-order valence-corrected chi connectivity index (χ4v) is 3.75. The first-order valence-corrected chi connectivity index (χ1v) is 7.91. The third kappa shape index (κ3) is 2.92. The van der Waals surface area contributed by atoms with Gasteiger partial charge in [0.1, 0.15) is 18.5 Å². The van der Waals surface area contributed by atoms with Gasteiger partial charge in [-0.2, -0.15) is 0 Å². The molecule has 1 saturated heterocycles. The quantitative estimate of drug-likeness (QED) is 0.455. The average molecular weight is 316 g/mol. The van der Waals surface area contributed by atoms with Crippen LogP contribution in [-0.4, -0.2) is 46.4 Å². The lowest BCUT2D eigenvalue weighted by Crippen LogP contribution is -2.62. The number of thioether (sulfide) groups is 1. The normalized spacial score (nSPS) is 22.6. The predicted molar refractivity (Wildman–Crippen MR) is 85.6 cm³/mol. The smallest absolute Gasteiger partial charge is 0.325 e. The fourth-order valence-electron chi connectivity index (χ4n) is 2.44. The molecule has 0 bridgehead atoms. The third-order valence-electron chi connectivity index (χ3n) is 3.51. The predicted octanol–water partition coefficient (Wildman–Crippen LogP) is 1.64. The van der Waals surface area contributed by atoms with Crippen LogP contribution in [0.2, 0.25) is 0 Å². The van der Waals surface area contributed by atoms with E-state index in [1.807, 2.05) is 30.3 Å². The Labute approximate surface area is 133 Å². The van der Waals surface area contributed by atoms with Gasteiger partial charge in [0.2, 0.25) is 0 Å². The van der Waals surface area contributed by atoms with E-state index in [9.17, 15) is 9.59 Å². The molecule has 0 radical (unpaired) electrons. The maximum Gasteiger partial charge on any atom is 0.325 e. The third-order valence-corrected chi connectivity index (χ3v) is 4.79. The van der Waals surface area contributed by atoms with Gasteiger partial charge < -0.3 is 9.64 Å². The Morgan fingerprint density at radius 1 is 1.41 bits per heavy atom. The van der Waals surface area contributed by atoms with Crippen LogP contribution in [0.5, 0.6) is 0 Å². The number of esters is 1. The molecule has 5 nitrogen and oxygen atoms in total. The van der Waals surface area contributed by atoms with Crippen LogP contribution >= 0.6 is 11.8 Å². The van der Waals surface area contributed by atoms with E-state index in [1.165, 1.54) is 16.5 Å². The van der Waals surface area contributed by atoms with Gasteiger partial charge in [-0.25, -0.2) is 0 Å². The topological polar surface area (TPSA) is 59.0 Å². The highest BCUT2D eigenvalue weighted by atomic mass is 32.2. The number of benzene rings is 1. The van der Waals surface area contributed by atoms with E-state index in [0.717, 1.165) is 11.5 Å². The van der Waals surface area contributed by atoms with Crippen LogP contribution < -0.4 is 0 Å². The Hall–Kier alpha value is -2.08. The van der Waals surface area contributed by atoms with E-state index in [4.69, 9.17) is 4.74 Å². The first-order chi connectivity index (χ1) is 10.7. The van der Waals surface area contributed by atoms with Crippen molar-refractivity contribution >= 4 is 28.7 Å². The highest BCUT2D eigenvalue weighted by Gasteiger charge is 2.52. The van der Waals surface area contributed by atoms with Crippen molar-refractivity contribution in [3.05, 3.63) is 48.6 Å². The Morgan fingerprint density at radius 2 is 2.18 bits per heavy atom. The molecule has 2 aliphatic rings. The van der Waals surface area contributed by atoms with Gasteiger partial charge in [-0.1, -0.05) is 54.7 Å². The van der Waals surface area contributed by atoms with Gasteiger partial charge in [0.05, 0.1) is 5.04 Å². The van der Waals surface area contributed by atoms with Crippen molar-refractivity contribution in [2.45, 2.75) is 17.8 Å². The SMILES string of the molecule is C=CCOC(=O)CN1C(=O)[C@H]2N=C(Cc3ccccc3)S[C@H]21. The zero-order chi connectivity index (χ0) is 15.5. The molecule has 0 aliphatic carbocycles. The van der Waals surface area contributed by atoms with Crippen molar-refractivity contribution < 1.29 is 14.3 Å². The van der Waals surface area contributed by atoms with Crippen molar-refractivity contribution in [3.63, 3.8) is 0 Å². The molecule has 1 amide bonds. The highest BCUT2D eigenvalue weighted by molar-refractivity contribution is 8.14. The minimum atomic E-state index is -0.413. The standard InChI is InChI=1S/C16H16N2O3S/c1-2-8-21-13(19)10-18-15(20)14-16(18)22-12(17-14)9-11-6-4-3-5-7-11/h2-7,14,16H,1,8-10H2/t14-,16-/m1/s1. The summed E-state index contributed by atoms with van der Waals surface area (Å²) in [6, 6.07) is 9.67. The van der Waals surface area contributed by atoms with Crippen LogP contribution in [-0.2, 0) is 20.7 Å². The average Bonchev–Trinajstić information content (AvgIpc) is 2.91. The molecule has 1 aromatic carbocycles. The van der Waals surface area contributed by atoms with Crippen molar-refractivity contribution in [2.24, 2.45) is 4.99 Å². The molecular formula is C16H16N2O3S. The molecule has 0 saturated carbocycles. The van der Waals surface area contributed by atoms with Crippen molar-refractivity contribution in [2.75, 3.05) is 13.2 Å². The lowest BCUT2D eigenvalue weighted by atomic mass is 10.1. The van der Waals surface area contributed by atoms with Crippen LogP contribution in [0.15, 0.2) is 48.0 Å². The van der Waals surface area contributed by atoms with Gasteiger partial charge in [-0.3, -0.25) is 14.6 Å². The summed E-state index contributed by atoms with van der Waals surface area (Å²) < 4.78 is 4.92. The maximum absolute atomic E-state index is 12.0. The largest absolute Gasteiger partial charge is 0.460 e. The van der Waals surface area contributed by atoms with Gasteiger partial charge in [-0.15, -0.1) is 0 Å². The second kappa shape index (κ2) is 6.36. The number of carbonyl (C=O) groups is 2. The molecule has 0 spiro atoms. The summed E-state index contributed by atoms with van der Waals surface area (Å²) in [5.74, 6) is -0.514. The zero-order valence-electron chi connectivity index (χ0n) is 12.0. The molecule has 1 fully saturated rings. The van der Waals surface area contributed by atoms with E-state index in [2.05, 4.69) is 11.6 Å². The number of amides is 1. The second-order valence-corrected chi connectivity index (χ2v) is 6.27. The van der Waals surface area contributed by atoms with Crippen molar-refractivity contribution in [1.82, 2.24) is 4.90 Å². The molecule has 1 aromatic rings. The molecule has 0 unspecified atom stereocenters. The second-order valence-electron chi connectivity index (χ2n) is 5.08. The maximum atomic E-state index is 12.0. The van der Waals surface area contributed by atoms with E-state index >= 15 is 0 Å². The van der Waals surface area contributed by atoms with Crippen LogP contribution in [0, 0.1) is 0 Å². The molecular weight excluding hydrogens is 300 g/mol. The summed E-state index contributed by atoms with van der Waals surface area (Å²) in [4.78, 5) is 29.6. The summed E-state index contributed by atoms with van der Waals surface area (Å²) in [7, 11) is 0. The van der Waals surface area contributed by atoms with Crippen LogP contribution in [0.3, 0.4) is 0 Å². The Kier molecular flexibility index (Phi) is 4.29. The first-order valence-electron chi connectivity index (χ1n) is 7.03. The minimum absolute atomic E-state index is 0.0189. The van der Waals surface area contributed by atoms with Crippen LogP contribution in [0.1, 0.15) is 5.56 Å². The van der Waals surface area contributed by atoms with E-state index in [-0.39, 0.29) is 30.5 Å². The molecule has 114 valence electrons. The van der Waals surface area contributed by atoms with Crippen LogP contribution in [0.4, 0.5) is 0 Å². The van der Waals surface area contributed by atoms with Gasteiger partial charge in [0.25, 0.3) is 5.91 Å². The molecule has 0 aromatic heterocycles. The molecule has 2 heterocycles. The number of β-lactam (4-membered cyclic amide) rings is 1. The lowest BCUT2D eigenvalue weighted by molar-refractivity contribution is -0.155. The molecule has 6 heteroatoms. The summed E-state index contributed by atoms with van der Waals surface area (Å²) >= 11 is 1.56. The fraction of sp³-hybridized carbons (Fsp3) is 0.312. The molecule has 2 atom stereocenters. The molecule has 22 heavy (non-hydrogen) atoms. The van der Waals surface area contributed by atoms with Crippen LogP contribution in [0.25, 0.3) is 0 Å². The zero-order valence-corrected chi connectivity index (χ0v) is 12.8. The van der Waals surface area contributed by atoms with Gasteiger partial charge in [0, 0.05) is 6.42 Å². The molecule has 2 aliphatic heterocycles. The minimum Gasteiger partial charge on any atom is -0.460 e. The summed E-state index contributed by atoms with van der Waals surface area (Å²) in [5, 5.41) is 0.874. The number of likely N-dealkylation sites (tertiary alicyclic amines) is 1. The highest BCUT2D eigenvalue weighted by Crippen LogP contribution is 2.39. The van der Waals surface area contributed by atoms with E-state index in [0.29, 0.717) is 0 Å². The number of aliphatic imine (C=N–C) groups is 1. The Morgan fingerprint density at radius 3 is 2.91 bits per heavy atom. The summed E-state index contributed by atoms with van der Waals surface area (Å²) in [6.07, 6.45) is 2.23. The lowest BCUT2D eigenvalue weighted by Gasteiger charge is -2.40. The number of rotatable bonds is 6. The number of hydrogen-bond acceptors (Lipinski definition) is 5. The molecule has 0 N–H and O–H groups in total. The first kappa shape index (κ1) is 14.8. The number of hydrogen-bond donors (Lipinski definition) is 0. The summed E-state index contributed by atoms with van der Waals surface area (Å²) in [5.41, 5.74) is 1.17. The number of ether oxygens (including phenoxy) is 1. The number of fused-ring (bicyclic) bond motifs is 1. The number of nitrogens with zero attached hydrogens (tertiary/aromatic N) is 2. The van der Waals surface area contributed by atoms with E-state index < -0.39 is 5.97 Å². The Balaban J connectivity index is 1.57.